The maximum Gasteiger partial charge on any atom is 0.453 e. The molecule has 1 aromatic carbocycles. The number of ether oxygens (including phenoxy) is 1. The topological polar surface area (TPSA) is 63.6 Å². The summed E-state index contributed by atoms with van der Waals surface area (Å²) >= 11 is 0. The van der Waals surface area contributed by atoms with E-state index in [0.717, 1.165) is 12.1 Å². The van der Waals surface area contributed by atoms with Crippen LogP contribution < -0.4 is 4.74 Å². The van der Waals surface area contributed by atoms with Gasteiger partial charge in [0.25, 0.3) is 10.1 Å². The average molecular weight is 348 g/mol. The molecule has 0 aliphatic heterocycles. The quantitative estimate of drug-likeness (QED) is 0.485. The second-order valence-electron chi connectivity index (χ2n) is 4.56. The molecule has 0 unspecified atom stereocenters. The highest BCUT2D eigenvalue weighted by atomic mass is 32.2. The van der Waals surface area contributed by atoms with E-state index in [1.54, 1.807) is 0 Å². The highest BCUT2D eigenvalue weighted by molar-refractivity contribution is 7.85. The van der Waals surface area contributed by atoms with Gasteiger partial charge in [0.2, 0.25) is 0 Å². The normalized spacial score (nSPS) is 13.2. The number of hydrogen-bond acceptors (Lipinski definition) is 3. The van der Waals surface area contributed by atoms with Gasteiger partial charge in [-0.1, -0.05) is 6.07 Å². The van der Waals surface area contributed by atoms with Crippen LogP contribution in [-0.4, -0.2) is 31.7 Å². The molecule has 0 radical (unpaired) electrons. The van der Waals surface area contributed by atoms with Crippen molar-refractivity contribution in [3.63, 3.8) is 0 Å². The largest absolute Gasteiger partial charge is 0.493 e. The summed E-state index contributed by atoms with van der Waals surface area (Å²) in [7, 11) is -4.46. The van der Waals surface area contributed by atoms with E-state index in [-0.39, 0.29) is 5.75 Å². The smallest absolute Gasteiger partial charge is 0.453 e. The first-order chi connectivity index (χ1) is 9.84. The first-order valence-corrected chi connectivity index (χ1v) is 7.44. The summed E-state index contributed by atoms with van der Waals surface area (Å²) in [5, 5.41) is 0. The summed E-state index contributed by atoms with van der Waals surface area (Å²) in [4.78, 5) is -0.464. The molecule has 1 rings (SSSR count). The van der Waals surface area contributed by atoms with Gasteiger partial charge in [-0.15, -0.1) is 0 Å². The number of alkyl halides is 5. The van der Waals surface area contributed by atoms with Gasteiger partial charge in [-0.25, -0.2) is 0 Å². The minimum Gasteiger partial charge on any atom is -0.493 e. The Kier molecular flexibility index (Phi) is 5.39. The summed E-state index contributed by atoms with van der Waals surface area (Å²) < 4.78 is 96.9. The molecule has 126 valence electrons. The second-order valence-corrected chi connectivity index (χ2v) is 5.98. The molecule has 0 heterocycles. The maximum absolute atomic E-state index is 12.7. The van der Waals surface area contributed by atoms with Gasteiger partial charge < -0.3 is 4.74 Å². The molecule has 0 bridgehead atoms. The second kappa shape index (κ2) is 6.37. The fourth-order valence-electron chi connectivity index (χ4n) is 1.51. The van der Waals surface area contributed by atoms with Crippen LogP contribution in [0, 0.1) is 6.92 Å². The van der Waals surface area contributed by atoms with Crippen molar-refractivity contribution in [2.24, 2.45) is 0 Å². The summed E-state index contributed by atoms with van der Waals surface area (Å²) in [6.07, 6.45) is -7.64. The average Bonchev–Trinajstić information content (AvgIpc) is 2.33. The van der Waals surface area contributed by atoms with Crippen molar-refractivity contribution in [3.05, 3.63) is 23.8 Å². The molecule has 4 nitrogen and oxygen atoms in total. The van der Waals surface area contributed by atoms with Gasteiger partial charge in [-0.3, -0.25) is 4.55 Å². The molecule has 0 spiro atoms. The van der Waals surface area contributed by atoms with E-state index in [1.807, 2.05) is 0 Å². The van der Waals surface area contributed by atoms with Gasteiger partial charge in [0.15, 0.2) is 0 Å². The van der Waals surface area contributed by atoms with E-state index in [1.165, 1.54) is 13.0 Å². The van der Waals surface area contributed by atoms with Crippen LogP contribution in [0.25, 0.3) is 0 Å². The third-order valence-corrected chi connectivity index (χ3v) is 3.61. The van der Waals surface area contributed by atoms with Crippen LogP contribution in [0.2, 0.25) is 0 Å². The number of halogens is 5. The minimum atomic E-state index is -5.62. The van der Waals surface area contributed by atoms with Crippen molar-refractivity contribution in [2.75, 3.05) is 6.61 Å². The zero-order valence-electron chi connectivity index (χ0n) is 11.3. The van der Waals surface area contributed by atoms with Crippen LogP contribution in [0.5, 0.6) is 5.75 Å². The Balaban J connectivity index is 2.67. The molecule has 0 saturated carbocycles. The van der Waals surface area contributed by atoms with E-state index in [4.69, 9.17) is 9.29 Å². The number of benzene rings is 1. The Hall–Kier alpha value is -1.42. The number of aryl methyl sites for hydroxylation is 1. The van der Waals surface area contributed by atoms with Gasteiger partial charge in [-0.2, -0.15) is 30.4 Å². The number of hydrogen-bond donors (Lipinski definition) is 1. The first kappa shape index (κ1) is 18.6. The van der Waals surface area contributed by atoms with E-state index in [0.29, 0.717) is 5.56 Å². The van der Waals surface area contributed by atoms with E-state index in [2.05, 4.69) is 0 Å². The maximum atomic E-state index is 12.7. The molecule has 0 atom stereocenters. The summed E-state index contributed by atoms with van der Waals surface area (Å²) in [5.74, 6) is -4.83. The van der Waals surface area contributed by atoms with Crippen LogP contribution >= 0.6 is 0 Å². The van der Waals surface area contributed by atoms with Crippen molar-refractivity contribution >= 4 is 10.1 Å². The molecule has 0 aliphatic rings. The van der Waals surface area contributed by atoms with Gasteiger partial charge in [0, 0.05) is 12.5 Å². The molecule has 1 aromatic rings. The van der Waals surface area contributed by atoms with Crippen molar-refractivity contribution in [1.29, 1.82) is 0 Å². The predicted molar refractivity (Wildman–Crippen MR) is 66.7 cm³/mol. The lowest BCUT2D eigenvalue weighted by atomic mass is 10.2. The van der Waals surface area contributed by atoms with Crippen molar-refractivity contribution in [1.82, 2.24) is 0 Å². The minimum absolute atomic E-state index is 0.0227. The van der Waals surface area contributed by atoms with E-state index >= 15 is 0 Å². The highest BCUT2D eigenvalue weighted by Crippen LogP contribution is 2.38. The predicted octanol–water partition coefficient (Wildman–Crippen LogP) is 3.60. The third kappa shape index (κ3) is 4.80. The highest BCUT2D eigenvalue weighted by Gasteiger charge is 2.56. The van der Waals surface area contributed by atoms with Gasteiger partial charge in [0.1, 0.15) is 5.75 Å². The zero-order chi connectivity index (χ0) is 17.2. The van der Waals surface area contributed by atoms with Gasteiger partial charge >= 0.3 is 12.1 Å². The summed E-state index contributed by atoms with van der Waals surface area (Å²) in [5.41, 5.74) is 0.440. The molecule has 1 N–H and O–H groups in total. The Morgan fingerprint density at radius 3 is 2.27 bits per heavy atom. The van der Waals surface area contributed by atoms with Gasteiger partial charge in [0.05, 0.1) is 11.5 Å². The Morgan fingerprint density at radius 2 is 1.77 bits per heavy atom. The Labute approximate surface area is 123 Å². The van der Waals surface area contributed by atoms with E-state index in [9.17, 15) is 30.4 Å². The lowest BCUT2D eigenvalue weighted by Crippen LogP contribution is -2.36. The number of rotatable bonds is 6. The molecule has 0 aliphatic carbocycles. The molecule has 0 aromatic heterocycles. The standard InChI is InChI=1S/C12H13F5O4S/c1-8-3-4-9(22(18,19)20)7-10(8)21-6-2-5-11(13,14)12(15,16)17/h3-4,7H,2,5-6H2,1H3,(H,18,19,20). The molecule has 22 heavy (non-hydrogen) atoms. The fourth-order valence-corrected chi connectivity index (χ4v) is 2.01. The molecule has 10 heteroatoms. The third-order valence-electron chi connectivity index (χ3n) is 2.76. The SMILES string of the molecule is Cc1ccc(S(=O)(=O)O)cc1OCCCC(F)(F)C(F)(F)F. The van der Waals surface area contributed by atoms with Crippen molar-refractivity contribution in [3.8, 4) is 5.75 Å². The lowest BCUT2D eigenvalue weighted by molar-refractivity contribution is -0.284. The molecule has 0 amide bonds. The van der Waals surface area contributed by atoms with Gasteiger partial charge in [-0.05, 0) is 25.0 Å². The van der Waals surface area contributed by atoms with Crippen LogP contribution in [0.15, 0.2) is 23.1 Å². The Morgan fingerprint density at radius 1 is 1.18 bits per heavy atom. The molecule has 0 fully saturated rings. The van der Waals surface area contributed by atoms with Crippen LogP contribution in [-0.2, 0) is 10.1 Å². The lowest BCUT2D eigenvalue weighted by Gasteiger charge is -2.19. The molecule has 0 saturated heterocycles. The van der Waals surface area contributed by atoms with Crippen LogP contribution in [0.1, 0.15) is 18.4 Å². The Bertz CT molecular complexity index is 625. The monoisotopic (exact) mass is 348 g/mol. The molecular weight excluding hydrogens is 335 g/mol. The zero-order valence-corrected chi connectivity index (χ0v) is 12.1. The molecular formula is C12H13F5O4S. The van der Waals surface area contributed by atoms with Crippen LogP contribution in [0.4, 0.5) is 22.0 Å². The first-order valence-electron chi connectivity index (χ1n) is 6.00. The summed E-state index contributed by atoms with van der Waals surface area (Å²) in [6, 6.07) is 3.38. The van der Waals surface area contributed by atoms with E-state index < -0.39 is 46.6 Å². The summed E-state index contributed by atoms with van der Waals surface area (Å²) in [6.45, 7) is 1.06. The van der Waals surface area contributed by atoms with Crippen LogP contribution in [0.3, 0.4) is 0 Å². The van der Waals surface area contributed by atoms with Crippen molar-refractivity contribution < 1.29 is 39.7 Å². The fraction of sp³-hybridized carbons (Fsp3) is 0.500. The van der Waals surface area contributed by atoms with Crippen molar-refractivity contribution in [2.45, 2.75) is 36.8 Å².